The van der Waals surface area contributed by atoms with Crippen LogP contribution in [0.15, 0.2) is 12.7 Å². The molecule has 69 valence electrons. The van der Waals surface area contributed by atoms with Crippen LogP contribution < -0.4 is 0 Å². The molecule has 12 heavy (non-hydrogen) atoms. The molecule has 0 aliphatic heterocycles. The summed E-state index contributed by atoms with van der Waals surface area (Å²) in [7, 11) is 4.02. The third-order valence-electron chi connectivity index (χ3n) is 2.02. The van der Waals surface area contributed by atoms with E-state index in [1.54, 1.807) is 0 Å². The van der Waals surface area contributed by atoms with Gasteiger partial charge >= 0.3 is 0 Å². The van der Waals surface area contributed by atoms with E-state index in [0.717, 1.165) is 12.8 Å². The SMILES string of the molecule is [CH2]CC(CCC(=O)C=C)N(C)C. The lowest BCUT2D eigenvalue weighted by Crippen LogP contribution is -2.27. The summed E-state index contributed by atoms with van der Waals surface area (Å²) in [4.78, 5) is 13.0. The second-order valence-corrected chi connectivity index (χ2v) is 3.12. The van der Waals surface area contributed by atoms with Crippen molar-refractivity contribution in [3.63, 3.8) is 0 Å². The molecule has 0 N–H and O–H groups in total. The summed E-state index contributed by atoms with van der Waals surface area (Å²) < 4.78 is 0. The molecule has 0 saturated carbocycles. The number of hydrogen-bond acceptors (Lipinski definition) is 2. The number of carbonyl (C=O) groups is 1. The standard InChI is InChI=1S/C10H18NO/c1-5-9(11(3)4)7-8-10(12)6-2/h6,9H,1-2,5,7-8H2,3-4H3. The molecule has 0 aliphatic carbocycles. The second kappa shape index (κ2) is 5.95. The van der Waals surface area contributed by atoms with Crippen molar-refractivity contribution in [1.29, 1.82) is 0 Å². The lowest BCUT2D eigenvalue weighted by Gasteiger charge is -2.21. The van der Waals surface area contributed by atoms with E-state index in [1.807, 2.05) is 14.1 Å². The maximum absolute atomic E-state index is 10.9. The van der Waals surface area contributed by atoms with E-state index in [-0.39, 0.29) is 5.78 Å². The second-order valence-electron chi connectivity index (χ2n) is 3.12. The van der Waals surface area contributed by atoms with Gasteiger partial charge in [0.1, 0.15) is 0 Å². The third kappa shape index (κ3) is 4.29. The van der Waals surface area contributed by atoms with Crippen molar-refractivity contribution in [3.05, 3.63) is 19.6 Å². The van der Waals surface area contributed by atoms with Crippen LogP contribution in [-0.4, -0.2) is 30.8 Å². The predicted molar refractivity (Wildman–Crippen MR) is 51.9 cm³/mol. The molecule has 0 aliphatic rings. The van der Waals surface area contributed by atoms with E-state index in [9.17, 15) is 4.79 Å². The fourth-order valence-corrected chi connectivity index (χ4v) is 1.07. The summed E-state index contributed by atoms with van der Waals surface area (Å²) in [5.74, 6) is 0.121. The Labute approximate surface area is 75.3 Å². The molecule has 0 fully saturated rings. The molecule has 1 radical (unpaired) electrons. The van der Waals surface area contributed by atoms with Gasteiger partial charge in [-0.1, -0.05) is 13.5 Å². The van der Waals surface area contributed by atoms with E-state index < -0.39 is 0 Å². The van der Waals surface area contributed by atoms with Crippen molar-refractivity contribution in [2.24, 2.45) is 0 Å². The van der Waals surface area contributed by atoms with Crippen LogP contribution >= 0.6 is 0 Å². The van der Waals surface area contributed by atoms with Crippen molar-refractivity contribution in [2.75, 3.05) is 14.1 Å². The number of allylic oxidation sites excluding steroid dienone is 1. The topological polar surface area (TPSA) is 20.3 Å². The van der Waals surface area contributed by atoms with Crippen LogP contribution in [-0.2, 0) is 4.79 Å². The van der Waals surface area contributed by atoms with Gasteiger partial charge in [0.15, 0.2) is 5.78 Å². The lowest BCUT2D eigenvalue weighted by molar-refractivity contribution is -0.114. The van der Waals surface area contributed by atoms with Gasteiger partial charge < -0.3 is 4.90 Å². The Morgan fingerprint density at radius 2 is 2.17 bits per heavy atom. The Bertz CT molecular complexity index is 152. The van der Waals surface area contributed by atoms with Crippen molar-refractivity contribution in [3.8, 4) is 0 Å². The summed E-state index contributed by atoms with van der Waals surface area (Å²) in [6.07, 6.45) is 3.69. The highest BCUT2D eigenvalue weighted by Gasteiger charge is 2.09. The van der Waals surface area contributed by atoms with Gasteiger partial charge in [-0.05, 0) is 33.0 Å². The van der Waals surface area contributed by atoms with Gasteiger partial charge in [0.05, 0.1) is 0 Å². The quantitative estimate of drug-likeness (QED) is 0.562. The van der Waals surface area contributed by atoms with Gasteiger partial charge in [-0.25, -0.2) is 0 Å². The van der Waals surface area contributed by atoms with E-state index in [0.29, 0.717) is 12.5 Å². The first-order chi connectivity index (χ1) is 5.61. The zero-order valence-corrected chi connectivity index (χ0v) is 8.05. The molecule has 0 spiro atoms. The zero-order valence-electron chi connectivity index (χ0n) is 8.05. The fraction of sp³-hybridized carbons (Fsp3) is 0.600. The first kappa shape index (κ1) is 11.4. The lowest BCUT2D eigenvalue weighted by atomic mass is 10.1. The first-order valence-corrected chi connectivity index (χ1v) is 4.22. The Morgan fingerprint density at radius 3 is 2.50 bits per heavy atom. The minimum atomic E-state index is 0.121. The molecule has 1 unspecified atom stereocenters. The van der Waals surface area contributed by atoms with Gasteiger partial charge in [0.25, 0.3) is 0 Å². The predicted octanol–water partition coefficient (Wildman–Crippen LogP) is 1.68. The average Bonchev–Trinajstić information content (AvgIpc) is 2.04. The van der Waals surface area contributed by atoms with Crippen LogP contribution in [0.2, 0.25) is 0 Å². The van der Waals surface area contributed by atoms with Crippen LogP contribution in [0.3, 0.4) is 0 Å². The van der Waals surface area contributed by atoms with Gasteiger partial charge in [-0.3, -0.25) is 4.79 Å². The smallest absolute Gasteiger partial charge is 0.155 e. The van der Waals surface area contributed by atoms with E-state index in [2.05, 4.69) is 18.4 Å². The molecule has 0 bridgehead atoms. The number of hydrogen-bond donors (Lipinski definition) is 0. The monoisotopic (exact) mass is 168 g/mol. The van der Waals surface area contributed by atoms with Crippen LogP contribution in [0.5, 0.6) is 0 Å². The molecule has 0 rings (SSSR count). The van der Waals surface area contributed by atoms with Crippen molar-refractivity contribution >= 4 is 5.78 Å². The molecule has 0 aromatic carbocycles. The minimum Gasteiger partial charge on any atom is -0.306 e. The summed E-state index contributed by atoms with van der Waals surface area (Å²) in [5, 5.41) is 0. The molecule has 2 heteroatoms. The zero-order chi connectivity index (χ0) is 9.56. The van der Waals surface area contributed by atoms with E-state index >= 15 is 0 Å². The number of ketones is 1. The molecule has 1 atom stereocenters. The highest BCUT2D eigenvalue weighted by atomic mass is 16.1. The largest absolute Gasteiger partial charge is 0.306 e. The van der Waals surface area contributed by atoms with Gasteiger partial charge in [-0.2, -0.15) is 0 Å². The Balaban J connectivity index is 3.72. The van der Waals surface area contributed by atoms with Crippen LogP contribution in [0.1, 0.15) is 19.3 Å². The Morgan fingerprint density at radius 1 is 1.58 bits per heavy atom. The maximum Gasteiger partial charge on any atom is 0.155 e. The minimum absolute atomic E-state index is 0.121. The summed E-state index contributed by atoms with van der Waals surface area (Å²) in [6, 6.07) is 0.411. The average molecular weight is 168 g/mol. The summed E-state index contributed by atoms with van der Waals surface area (Å²) in [6.45, 7) is 7.26. The van der Waals surface area contributed by atoms with Crippen LogP contribution in [0.4, 0.5) is 0 Å². The van der Waals surface area contributed by atoms with Gasteiger partial charge in [-0.15, -0.1) is 0 Å². The van der Waals surface area contributed by atoms with E-state index in [4.69, 9.17) is 0 Å². The Hall–Kier alpha value is -0.630. The highest BCUT2D eigenvalue weighted by Crippen LogP contribution is 2.07. The highest BCUT2D eigenvalue weighted by molar-refractivity contribution is 5.88. The number of carbonyl (C=O) groups excluding carboxylic acids is 1. The maximum atomic E-state index is 10.9. The van der Waals surface area contributed by atoms with Crippen LogP contribution in [0, 0.1) is 6.92 Å². The molecule has 0 saturated heterocycles. The van der Waals surface area contributed by atoms with Gasteiger partial charge in [0, 0.05) is 12.5 Å². The van der Waals surface area contributed by atoms with Crippen LogP contribution in [0.25, 0.3) is 0 Å². The summed E-state index contributed by atoms with van der Waals surface area (Å²) in [5.41, 5.74) is 0. The molecule has 0 aromatic heterocycles. The number of nitrogens with zero attached hydrogens (tertiary/aromatic N) is 1. The molecule has 2 nitrogen and oxygen atoms in total. The van der Waals surface area contributed by atoms with Crippen molar-refractivity contribution in [2.45, 2.75) is 25.3 Å². The van der Waals surface area contributed by atoms with Gasteiger partial charge in [0.2, 0.25) is 0 Å². The Kier molecular flexibility index (Phi) is 5.64. The molecule has 0 heterocycles. The van der Waals surface area contributed by atoms with E-state index in [1.165, 1.54) is 6.08 Å². The third-order valence-corrected chi connectivity index (χ3v) is 2.02. The van der Waals surface area contributed by atoms with Crippen molar-refractivity contribution in [1.82, 2.24) is 4.90 Å². The molecular formula is C10H18NO. The summed E-state index contributed by atoms with van der Waals surface area (Å²) >= 11 is 0. The molecule has 0 aromatic rings. The first-order valence-electron chi connectivity index (χ1n) is 4.22. The normalized spacial score (nSPS) is 13.0. The molecule has 0 amide bonds. The number of rotatable bonds is 6. The molecular weight excluding hydrogens is 150 g/mol. The fourth-order valence-electron chi connectivity index (χ4n) is 1.07. The van der Waals surface area contributed by atoms with Crippen molar-refractivity contribution < 1.29 is 4.79 Å².